The van der Waals surface area contributed by atoms with Crippen LogP contribution < -0.4 is 5.43 Å². The van der Waals surface area contributed by atoms with E-state index in [9.17, 15) is 4.79 Å². The summed E-state index contributed by atoms with van der Waals surface area (Å²) >= 11 is 0. The van der Waals surface area contributed by atoms with Gasteiger partial charge in [-0.15, -0.1) is 0 Å². The number of carbonyl (C=O) groups is 1. The third-order valence-electron chi connectivity index (χ3n) is 4.81. The van der Waals surface area contributed by atoms with E-state index >= 15 is 0 Å². The van der Waals surface area contributed by atoms with Gasteiger partial charge in [0.25, 0.3) is 5.91 Å². The Hall–Kier alpha value is -2.42. The maximum atomic E-state index is 12.9. The second-order valence-corrected chi connectivity index (χ2v) is 6.82. The minimum Gasteiger partial charge on any atom is -0.272 e. The molecule has 0 spiro atoms. The fourth-order valence-corrected chi connectivity index (χ4v) is 3.24. The maximum Gasteiger partial charge on any atom is 0.252 e. The van der Waals surface area contributed by atoms with Gasteiger partial charge in [0.15, 0.2) is 0 Å². The summed E-state index contributed by atoms with van der Waals surface area (Å²) < 4.78 is 0. The minimum atomic E-state index is -0.323. The Morgan fingerprint density at radius 1 is 0.833 bits per heavy atom. The summed E-state index contributed by atoms with van der Waals surface area (Å²) in [5.74, 6) is 0.858. The molecular formula is C21H22N2O. The van der Waals surface area contributed by atoms with E-state index in [-0.39, 0.29) is 11.8 Å². The Balaban J connectivity index is 1.58. The van der Waals surface area contributed by atoms with Gasteiger partial charge in [0, 0.05) is 5.71 Å². The molecule has 2 aromatic carbocycles. The molecular weight excluding hydrogens is 296 g/mol. The molecule has 0 aromatic heterocycles. The molecule has 24 heavy (non-hydrogen) atoms. The van der Waals surface area contributed by atoms with E-state index in [2.05, 4.69) is 10.5 Å². The van der Waals surface area contributed by atoms with Crippen LogP contribution in [-0.4, -0.2) is 11.6 Å². The van der Waals surface area contributed by atoms with Crippen molar-refractivity contribution in [2.75, 3.05) is 0 Å². The zero-order chi connectivity index (χ0) is 16.4. The van der Waals surface area contributed by atoms with Gasteiger partial charge in [-0.05, 0) is 48.6 Å². The van der Waals surface area contributed by atoms with Gasteiger partial charge in [0.2, 0.25) is 0 Å². The molecule has 122 valence electrons. The van der Waals surface area contributed by atoms with Crippen molar-refractivity contribution < 1.29 is 4.79 Å². The lowest BCUT2D eigenvalue weighted by Crippen LogP contribution is -2.28. The van der Waals surface area contributed by atoms with Crippen molar-refractivity contribution in [3.8, 4) is 0 Å². The highest BCUT2D eigenvalue weighted by Crippen LogP contribution is 2.42. The number of carbonyl (C=O) groups excluding carboxylic acids is 1. The summed E-state index contributed by atoms with van der Waals surface area (Å²) in [6.45, 7) is 0. The van der Waals surface area contributed by atoms with Crippen LogP contribution in [0.2, 0.25) is 0 Å². The van der Waals surface area contributed by atoms with Gasteiger partial charge in [-0.1, -0.05) is 60.7 Å². The molecule has 3 heteroatoms. The van der Waals surface area contributed by atoms with E-state index in [1.165, 1.54) is 31.4 Å². The third-order valence-corrected chi connectivity index (χ3v) is 4.81. The molecule has 0 bridgehead atoms. The van der Waals surface area contributed by atoms with Gasteiger partial charge in [-0.2, -0.15) is 5.10 Å². The normalized spacial score (nSPS) is 16.7. The molecule has 0 saturated heterocycles. The Labute approximate surface area is 142 Å². The standard InChI is InChI=1S/C21H22N2O/c24-21(23-22-20(17-11-12-17)18-13-14-18)19(15-7-3-1-4-8-15)16-9-5-2-6-10-16/h1-10,17-19H,11-14H2,(H,23,24). The molecule has 0 radical (unpaired) electrons. The van der Waals surface area contributed by atoms with Crippen molar-refractivity contribution >= 4 is 11.6 Å². The second kappa shape index (κ2) is 6.60. The van der Waals surface area contributed by atoms with E-state index < -0.39 is 0 Å². The van der Waals surface area contributed by atoms with Crippen molar-refractivity contribution in [2.45, 2.75) is 31.6 Å². The number of nitrogens with one attached hydrogen (secondary N) is 1. The maximum absolute atomic E-state index is 12.9. The van der Waals surface area contributed by atoms with Crippen LogP contribution in [-0.2, 0) is 4.79 Å². The Bertz CT molecular complexity index is 677. The lowest BCUT2D eigenvalue weighted by molar-refractivity contribution is -0.121. The van der Waals surface area contributed by atoms with Gasteiger partial charge < -0.3 is 0 Å². The van der Waals surface area contributed by atoms with Gasteiger partial charge in [-0.25, -0.2) is 5.43 Å². The number of rotatable bonds is 6. The number of hydrogen-bond acceptors (Lipinski definition) is 2. The van der Waals surface area contributed by atoms with Crippen molar-refractivity contribution in [1.82, 2.24) is 5.43 Å². The van der Waals surface area contributed by atoms with Crippen molar-refractivity contribution in [3.63, 3.8) is 0 Å². The molecule has 1 amide bonds. The van der Waals surface area contributed by atoms with Gasteiger partial charge in [0.05, 0.1) is 5.92 Å². The van der Waals surface area contributed by atoms with Crippen molar-refractivity contribution in [1.29, 1.82) is 0 Å². The van der Waals surface area contributed by atoms with Crippen LogP contribution in [0, 0.1) is 11.8 Å². The largest absolute Gasteiger partial charge is 0.272 e. The fraction of sp³-hybridized carbons (Fsp3) is 0.333. The predicted molar refractivity (Wildman–Crippen MR) is 95.8 cm³/mol. The Kier molecular flexibility index (Phi) is 4.16. The fourth-order valence-electron chi connectivity index (χ4n) is 3.24. The molecule has 2 aromatic rings. The lowest BCUT2D eigenvalue weighted by Gasteiger charge is -2.16. The first-order chi connectivity index (χ1) is 11.8. The highest BCUT2D eigenvalue weighted by Gasteiger charge is 2.38. The molecule has 3 nitrogen and oxygen atoms in total. The summed E-state index contributed by atoms with van der Waals surface area (Å²) in [6.07, 6.45) is 4.91. The summed E-state index contributed by atoms with van der Waals surface area (Å²) in [5, 5.41) is 4.54. The van der Waals surface area contributed by atoms with E-state index in [1.54, 1.807) is 0 Å². The summed E-state index contributed by atoms with van der Waals surface area (Å²) in [6, 6.07) is 19.9. The van der Waals surface area contributed by atoms with Crippen LogP contribution in [0.25, 0.3) is 0 Å². The van der Waals surface area contributed by atoms with E-state index in [0.717, 1.165) is 11.1 Å². The van der Waals surface area contributed by atoms with Crippen LogP contribution >= 0.6 is 0 Å². The smallest absolute Gasteiger partial charge is 0.252 e. The number of hydrazone groups is 1. The van der Waals surface area contributed by atoms with Gasteiger partial charge >= 0.3 is 0 Å². The monoisotopic (exact) mass is 318 g/mol. The molecule has 0 aliphatic heterocycles. The first kappa shape index (κ1) is 15.1. The second-order valence-electron chi connectivity index (χ2n) is 6.82. The van der Waals surface area contributed by atoms with Crippen LogP contribution in [0.3, 0.4) is 0 Å². The van der Waals surface area contributed by atoms with Gasteiger partial charge in [0.1, 0.15) is 0 Å². The van der Waals surface area contributed by atoms with Gasteiger partial charge in [-0.3, -0.25) is 4.79 Å². The van der Waals surface area contributed by atoms with Crippen LogP contribution in [0.5, 0.6) is 0 Å². The molecule has 2 aliphatic carbocycles. The molecule has 0 atom stereocenters. The third kappa shape index (κ3) is 3.40. The average molecular weight is 318 g/mol. The van der Waals surface area contributed by atoms with E-state index in [0.29, 0.717) is 11.8 Å². The highest BCUT2D eigenvalue weighted by atomic mass is 16.2. The number of amides is 1. The molecule has 2 fully saturated rings. The topological polar surface area (TPSA) is 41.5 Å². The van der Waals surface area contributed by atoms with Crippen molar-refractivity contribution in [3.05, 3.63) is 71.8 Å². The Morgan fingerprint density at radius 2 is 1.29 bits per heavy atom. The molecule has 4 rings (SSSR count). The van der Waals surface area contributed by atoms with Crippen molar-refractivity contribution in [2.24, 2.45) is 16.9 Å². The Morgan fingerprint density at radius 3 is 1.71 bits per heavy atom. The average Bonchev–Trinajstić information content (AvgIpc) is 3.51. The minimum absolute atomic E-state index is 0.0498. The number of benzene rings is 2. The predicted octanol–water partition coefficient (Wildman–Crippen LogP) is 4.11. The zero-order valence-corrected chi connectivity index (χ0v) is 13.7. The van der Waals surface area contributed by atoms with Crippen LogP contribution in [0.15, 0.2) is 65.8 Å². The molecule has 0 heterocycles. The summed E-state index contributed by atoms with van der Waals surface area (Å²) in [5.41, 5.74) is 6.09. The first-order valence-corrected chi connectivity index (χ1v) is 8.80. The quantitative estimate of drug-likeness (QED) is 0.632. The summed E-state index contributed by atoms with van der Waals surface area (Å²) in [4.78, 5) is 12.9. The highest BCUT2D eigenvalue weighted by molar-refractivity contribution is 5.94. The van der Waals surface area contributed by atoms with Crippen LogP contribution in [0.4, 0.5) is 0 Å². The van der Waals surface area contributed by atoms with E-state index in [4.69, 9.17) is 0 Å². The number of nitrogens with zero attached hydrogens (tertiary/aromatic N) is 1. The van der Waals surface area contributed by atoms with Crippen LogP contribution in [0.1, 0.15) is 42.7 Å². The molecule has 0 unspecified atom stereocenters. The van der Waals surface area contributed by atoms with E-state index in [1.807, 2.05) is 60.7 Å². The SMILES string of the molecule is O=C(NN=C(C1CC1)C1CC1)C(c1ccccc1)c1ccccc1. The summed E-state index contributed by atoms with van der Waals surface area (Å²) in [7, 11) is 0. The molecule has 2 aliphatic rings. The lowest BCUT2D eigenvalue weighted by atomic mass is 9.91. The zero-order valence-electron chi connectivity index (χ0n) is 13.7. The molecule has 1 N–H and O–H groups in total. The molecule has 2 saturated carbocycles. The number of hydrogen-bond donors (Lipinski definition) is 1. The first-order valence-electron chi connectivity index (χ1n) is 8.80.